The van der Waals surface area contributed by atoms with Crippen molar-refractivity contribution in [2.75, 3.05) is 31.2 Å². The van der Waals surface area contributed by atoms with E-state index in [0.717, 1.165) is 37.6 Å². The normalized spacial score (nSPS) is 16.2. The van der Waals surface area contributed by atoms with Crippen LogP contribution >= 0.6 is 0 Å². The molecule has 1 fully saturated rings. The molecule has 0 unspecified atom stereocenters. The van der Waals surface area contributed by atoms with Crippen LogP contribution in [0.4, 0.5) is 5.69 Å². The Morgan fingerprint density at radius 2 is 2.05 bits per heavy atom. The molecule has 0 saturated carbocycles. The van der Waals surface area contributed by atoms with Crippen LogP contribution in [0, 0.1) is 10.1 Å². The fraction of sp³-hybridized carbons (Fsp3) is 0.333. The van der Waals surface area contributed by atoms with Crippen LogP contribution in [0.5, 0.6) is 0 Å². The van der Waals surface area contributed by atoms with E-state index in [1.807, 2.05) is 24.3 Å². The second-order valence-electron chi connectivity index (χ2n) is 4.29. The van der Waals surface area contributed by atoms with Gasteiger partial charge in [0.2, 0.25) is 0 Å². The van der Waals surface area contributed by atoms with Gasteiger partial charge in [-0.1, -0.05) is 17.6 Å². The number of hydrazine groups is 1. The van der Waals surface area contributed by atoms with Gasteiger partial charge in [0.15, 0.2) is 5.03 Å². The molecule has 1 aliphatic heterocycles. The number of anilines is 1. The lowest BCUT2D eigenvalue weighted by atomic mass is 10.2. The van der Waals surface area contributed by atoms with E-state index in [-0.39, 0.29) is 5.96 Å². The number of nitro groups is 1. The summed E-state index contributed by atoms with van der Waals surface area (Å²) in [6, 6.07) is 7.74. The topological polar surface area (TPSA) is 118 Å². The molecule has 21 heavy (non-hydrogen) atoms. The molecule has 0 aliphatic carbocycles. The van der Waals surface area contributed by atoms with E-state index in [4.69, 9.17) is 10.5 Å². The lowest BCUT2D eigenvalue weighted by molar-refractivity contribution is -0.525. The monoisotopic (exact) mass is 292 g/mol. The van der Waals surface area contributed by atoms with E-state index in [0.29, 0.717) is 0 Å². The van der Waals surface area contributed by atoms with Gasteiger partial charge < -0.3 is 15.4 Å². The summed E-state index contributed by atoms with van der Waals surface area (Å²) in [6.45, 7) is 3.23. The molecule has 1 heterocycles. The predicted molar refractivity (Wildman–Crippen MR) is 78.8 cm³/mol. The minimum atomic E-state index is -0.800. The van der Waals surface area contributed by atoms with Crippen molar-refractivity contribution in [1.29, 1.82) is 0 Å². The minimum Gasteiger partial charge on any atom is -0.378 e. The third kappa shape index (κ3) is 4.73. The quantitative estimate of drug-likeness (QED) is 0.348. The Bertz CT molecular complexity index is 536. The molecule has 3 N–H and O–H groups in total. The number of nitrogens with zero attached hydrogens (tertiary/aromatic N) is 4. The highest BCUT2D eigenvalue weighted by Gasteiger charge is 2.10. The molecule has 1 saturated heterocycles. The van der Waals surface area contributed by atoms with Crippen molar-refractivity contribution < 1.29 is 9.77 Å². The first-order chi connectivity index (χ1) is 10.1. The van der Waals surface area contributed by atoms with Gasteiger partial charge in [-0.15, -0.1) is 5.10 Å². The smallest absolute Gasteiger partial charge is 0.275 e. The molecule has 112 valence electrons. The van der Waals surface area contributed by atoms with Crippen LogP contribution in [-0.4, -0.2) is 43.5 Å². The number of morpholine rings is 1. The van der Waals surface area contributed by atoms with E-state index in [1.54, 1.807) is 5.43 Å². The standard InChI is InChI=1S/C12H16N6O3/c13-12(16-18(19)20)15-14-9-10-1-3-11(4-2-10)17-5-7-21-8-6-17/h1-4,9H,5-8H2,(H3,13,15,16)/b14-9+. The van der Waals surface area contributed by atoms with Crippen molar-refractivity contribution >= 4 is 17.9 Å². The van der Waals surface area contributed by atoms with Gasteiger partial charge in [0.05, 0.1) is 19.4 Å². The van der Waals surface area contributed by atoms with Gasteiger partial charge in [0.25, 0.3) is 5.96 Å². The van der Waals surface area contributed by atoms with Gasteiger partial charge in [-0.3, -0.25) is 0 Å². The molecule has 1 aliphatic rings. The summed E-state index contributed by atoms with van der Waals surface area (Å²) in [5.41, 5.74) is 8.87. The van der Waals surface area contributed by atoms with Crippen LogP contribution in [-0.2, 0) is 4.74 Å². The molecule has 0 radical (unpaired) electrons. The molecule has 0 spiro atoms. The lowest BCUT2D eigenvalue weighted by Gasteiger charge is -2.28. The maximum Gasteiger partial charge on any atom is 0.275 e. The molecular weight excluding hydrogens is 276 g/mol. The van der Waals surface area contributed by atoms with Crippen LogP contribution in [0.1, 0.15) is 5.56 Å². The zero-order chi connectivity index (χ0) is 15.1. The Balaban J connectivity index is 1.94. The maximum atomic E-state index is 10.1. The first kappa shape index (κ1) is 14.7. The highest BCUT2D eigenvalue weighted by Crippen LogP contribution is 2.15. The van der Waals surface area contributed by atoms with Gasteiger partial charge in [0, 0.05) is 18.8 Å². The Labute approximate surface area is 121 Å². The Kier molecular flexibility index (Phi) is 5.04. The average molecular weight is 292 g/mol. The summed E-state index contributed by atoms with van der Waals surface area (Å²) >= 11 is 0. The molecule has 2 rings (SSSR count). The van der Waals surface area contributed by atoms with Crippen molar-refractivity contribution in [3.05, 3.63) is 39.9 Å². The summed E-state index contributed by atoms with van der Waals surface area (Å²) in [5, 5.41) is 16.4. The summed E-state index contributed by atoms with van der Waals surface area (Å²) < 4.78 is 5.30. The molecule has 0 bridgehead atoms. The Morgan fingerprint density at radius 1 is 1.38 bits per heavy atom. The summed E-state index contributed by atoms with van der Waals surface area (Å²) in [7, 11) is 0. The molecule has 1 aromatic carbocycles. The number of benzene rings is 1. The van der Waals surface area contributed by atoms with Crippen LogP contribution in [0.2, 0.25) is 0 Å². The number of nitrogens with one attached hydrogen (secondary N) is 1. The molecule has 0 atom stereocenters. The summed E-state index contributed by atoms with van der Waals surface area (Å²) in [6.07, 6.45) is 1.47. The first-order valence-electron chi connectivity index (χ1n) is 6.35. The number of ether oxygens (including phenoxy) is 1. The fourth-order valence-corrected chi connectivity index (χ4v) is 1.87. The van der Waals surface area contributed by atoms with Gasteiger partial charge in [0.1, 0.15) is 0 Å². The lowest BCUT2D eigenvalue weighted by Crippen LogP contribution is -2.36. The van der Waals surface area contributed by atoms with Crippen molar-refractivity contribution in [1.82, 2.24) is 5.43 Å². The third-order valence-corrected chi connectivity index (χ3v) is 2.85. The van der Waals surface area contributed by atoms with Gasteiger partial charge in [-0.2, -0.15) is 5.10 Å². The Hall–Kier alpha value is -2.68. The highest BCUT2D eigenvalue weighted by molar-refractivity contribution is 5.82. The molecule has 0 aromatic heterocycles. The number of hydrogen-bond acceptors (Lipinski definition) is 6. The van der Waals surface area contributed by atoms with Crippen molar-refractivity contribution in [2.24, 2.45) is 15.9 Å². The number of guanidine groups is 1. The molecular formula is C12H16N6O3. The van der Waals surface area contributed by atoms with Gasteiger partial charge >= 0.3 is 0 Å². The predicted octanol–water partition coefficient (Wildman–Crippen LogP) is -0.0469. The third-order valence-electron chi connectivity index (χ3n) is 2.85. The van der Waals surface area contributed by atoms with Crippen molar-refractivity contribution in [2.45, 2.75) is 0 Å². The molecule has 1 aromatic rings. The van der Waals surface area contributed by atoms with Crippen LogP contribution < -0.4 is 16.1 Å². The van der Waals surface area contributed by atoms with E-state index in [9.17, 15) is 10.1 Å². The van der Waals surface area contributed by atoms with Crippen molar-refractivity contribution in [3.8, 4) is 0 Å². The van der Waals surface area contributed by atoms with Gasteiger partial charge in [-0.25, -0.2) is 10.1 Å². The number of nitrogens with two attached hydrogens (primary N) is 1. The van der Waals surface area contributed by atoms with E-state index < -0.39 is 5.03 Å². The van der Waals surface area contributed by atoms with Gasteiger partial charge in [-0.05, 0) is 17.7 Å². The summed E-state index contributed by atoms with van der Waals surface area (Å²) in [5.74, 6) is -0.374. The minimum absolute atomic E-state index is 0.374. The van der Waals surface area contributed by atoms with Crippen LogP contribution in [0.25, 0.3) is 0 Å². The first-order valence-corrected chi connectivity index (χ1v) is 6.35. The molecule has 9 nitrogen and oxygen atoms in total. The number of rotatable bonds is 4. The maximum absolute atomic E-state index is 10.1. The van der Waals surface area contributed by atoms with E-state index in [1.165, 1.54) is 6.21 Å². The van der Waals surface area contributed by atoms with Crippen LogP contribution in [0.3, 0.4) is 0 Å². The summed E-state index contributed by atoms with van der Waals surface area (Å²) in [4.78, 5) is 12.3. The molecule has 9 heteroatoms. The zero-order valence-electron chi connectivity index (χ0n) is 11.3. The van der Waals surface area contributed by atoms with E-state index in [2.05, 4.69) is 15.1 Å². The SMILES string of the molecule is N/C(=N/N=C/c1ccc(N2CCOCC2)cc1)N[N+](=O)[O-]. The molecule has 0 amide bonds. The zero-order valence-corrected chi connectivity index (χ0v) is 11.3. The fourth-order valence-electron chi connectivity index (χ4n) is 1.87. The highest BCUT2D eigenvalue weighted by atomic mass is 16.7. The van der Waals surface area contributed by atoms with Crippen LogP contribution in [0.15, 0.2) is 34.5 Å². The van der Waals surface area contributed by atoms with Crippen molar-refractivity contribution in [3.63, 3.8) is 0 Å². The average Bonchev–Trinajstić information content (AvgIpc) is 2.48. The second-order valence-corrected chi connectivity index (χ2v) is 4.29. The largest absolute Gasteiger partial charge is 0.378 e. The van der Waals surface area contributed by atoms with E-state index >= 15 is 0 Å². The second kappa shape index (κ2) is 7.20. The Morgan fingerprint density at radius 3 is 2.67 bits per heavy atom. The number of hydrogen-bond donors (Lipinski definition) is 2.